The highest BCUT2D eigenvalue weighted by molar-refractivity contribution is 6.01. The van der Waals surface area contributed by atoms with Crippen molar-refractivity contribution in [3.8, 4) is 17.4 Å². The molecule has 0 aliphatic rings. The number of carbonyl (C=O) groups is 1. The zero-order valence-corrected chi connectivity index (χ0v) is 11.0. The Bertz CT molecular complexity index is 655. The number of Topliss-reactive ketones (excluding diaryl/α,β-unsaturated/α-hetero) is 1. The zero-order chi connectivity index (χ0) is 14.7. The summed E-state index contributed by atoms with van der Waals surface area (Å²) in [4.78, 5) is 15.3. The molecule has 0 atom stereocenters. The molecule has 104 valence electrons. The van der Waals surface area contributed by atoms with Gasteiger partial charge >= 0.3 is 0 Å². The number of hydrogen-bond acceptors (Lipinski definition) is 6. The van der Waals surface area contributed by atoms with E-state index in [0.29, 0.717) is 11.4 Å². The van der Waals surface area contributed by atoms with Crippen molar-refractivity contribution in [3.63, 3.8) is 0 Å². The van der Waals surface area contributed by atoms with Crippen LogP contribution in [0, 0.1) is 0 Å². The van der Waals surface area contributed by atoms with Gasteiger partial charge in [-0.1, -0.05) is 0 Å². The van der Waals surface area contributed by atoms with Gasteiger partial charge in [0.05, 0.1) is 19.0 Å². The molecule has 2 rings (SSSR count). The maximum absolute atomic E-state index is 11.2. The lowest BCUT2D eigenvalue weighted by atomic mass is 10.2. The van der Waals surface area contributed by atoms with Gasteiger partial charge in [0, 0.05) is 0 Å². The van der Waals surface area contributed by atoms with Crippen LogP contribution in [0.15, 0.2) is 33.7 Å². The van der Waals surface area contributed by atoms with Crippen LogP contribution in [0.4, 0.5) is 5.69 Å². The number of hydrogen-bond donors (Lipinski definition) is 2. The first-order chi connectivity index (χ1) is 9.52. The van der Waals surface area contributed by atoms with Crippen LogP contribution in [-0.2, 0) is 0 Å². The van der Waals surface area contributed by atoms with Crippen molar-refractivity contribution in [3.05, 3.63) is 35.6 Å². The standard InChI is InChI=1S/C14H13NO5/c1-8(16)12-13(17)11(20-14(12)18)7-15-9-3-5-10(19-2)6-4-9/h3-7,17-18H,1-2H3. The van der Waals surface area contributed by atoms with Crippen molar-refractivity contribution in [1.29, 1.82) is 0 Å². The van der Waals surface area contributed by atoms with Crippen LogP contribution in [0.1, 0.15) is 23.0 Å². The zero-order valence-electron chi connectivity index (χ0n) is 11.0. The number of benzene rings is 1. The molecule has 0 amide bonds. The Labute approximate surface area is 115 Å². The number of carbonyl (C=O) groups excluding carboxylic acids is 1. The second-order valence-electron chi connectivity index (χ2n) is 4.01. The number of methoxy groups -OCH3 is 1. The Hall–Kier alpha value is -2.76. The maximum Gasteiger partial charge on any atom is 0.297 e. The van der Waals surface area contributed by atoms with Gasteiger partial charge in [0.15, 0.2) is 17.3 Å². The molecule has 0 saturated carbocycles. The molecule has 0 spiro atoms. The van der Waals surface area contributed by atoms with Gasteiger partial charge in [0.2, 0.25) is 0 Å². The van der Waals surface area contributed by atoms with E-state index in [9.17, 15) is 15.0 Å². The molecule has 2 N–H and O–H groups in total. The third-order valence-electron chi connectivity index (χ3n) is 2.65. The second-order valence-corrected chi connectivity index (χ2v) is 4.01. The van der Waals surface area contributed by atoms with Crippen molar-refractivity contribution in [2.75, 3.05) is 7.11 Å². The minimum Gasteiger partial charge on any atom is -0.504 e. The van der Waals surface area contributed by atoms with Gasteiger partial charge in [-0.05, 0) is 31.2 Å². The van der Waals surface area contributed by atoms with E-state index in [1.807, 2.05) is 0 Å². The summed E-state index contributed by atoms with van der Waals surface area (Å²) in [5.74, 6) is -0.920. The van der Waals surface area contributed by atoms with Crippen molar-refractivity contribution in [2.45, 2.75) is 6.92 Å². The largest absolute Gasteiger partial charge is 0.504 e. The van der Waals surface area contributed by atoms with Gasteiger partial charge in [-0.2, -0.15) is 0 Å². The topological polar surface area (TPSA) is 92.3 Å². The van der Waals surface area contributed by atoms with Gasteiger partial charge in [0.25, 0.3) is 5.95 Å². The molecule has 0 unspecified atom stereocenters. The SMILES string of the molecule is COc1ccc(N=Cc2oc(O)c(C(C)=O)c2O)cc1. The molecule has 1 aromatic heterocycles. The monoisotopic (exact) mass is 275 g/mol. The number of aromatic hydroxyl groups is 2. The predicted molar refractivity (Wildman–Crippen MR) is 72.3 cm³/mol. The van der Waals surface area contributed by atoms with Crippen molar-refractivity contribution >= 4 is 17.7 Å². The summed E-state index contributed by atoms with van der Waals surface area (Å²) in [6, 6.07) is 6.88. The Morgan fingerprint density at radius 1 is 1.30 bits per heavy atom. The summed E-state index contributed by atoms with van der Waals surface area (Å²) < 4.78 is 9.90. The Morgan fingerprint density at radius 2 is 1.95 bits per heavy atom. The van der Waals surface area contributed by atoms with Gasteiger partial charge in [0.1, 0.15) is 11.3 Å². The highest BCUT2D eigenvalue weighted by Crippen LogP contribution is 2.33. The average Bonchev–Trinajstić information content (AvgIpc) is 2.71. The maximum atomic E-state index is 11.2. The molecule has 6 nitrogen and oxygen atoms in total. The summed E-state index contributed by atoms with van der Waals surface area (Å²) in [6.45, 7) is 1.22. The first kappa shape index (κ1) is 13.7. The van der Waals surface area contributed by atoms with E-state index in [0.717, 1.165) is 0 Å². The number of rotatable bonds is 4. The molecule has 0 radical (unpaired) electrons. The predicted octanol–water partition coefficient (Wildman–Crippen LogP) is 2.65. The molecule has 2 aromatic rings. The quantitative estimate of drug-likeness (QED) is 0.661. The normalized spacial score (nSPS) is 10.9. The molecule has 0 bridgehead atoms. The summed E-state index contributed by atoms with van der Waals surface area (Å²) in [5.41, 5.74) is 0.353. The van der Waals surface area contributed by atoms with E-state index in [2.05, 4.69) is 4.99 Å². The van der Waals surface area contributed by atoms with E-state index >= 15 is 0 Å². The van der Waals surface area contributed by atoms with E-state index in [1.54, 1.807) is 31.4 Å². The fourth-order valence-corrected chi connectivity index (χ4v) is 1.63. The first-order valence-electron chi connectivity index (χ1n) is 5.76. The molecular formula is C14H13NO5. The van der Waals surface area contributed by atoms with Crippen LogP contribution in [0.5, 0.6) is 17.4 Å². The summed E-state index contributed by atoms with van der Waals surface area (Å²) in [5, 5.41) is 19.2. The molecule has 6 heteroatoms. The molecule has 0 aliphatic heterocycles. The van der Waals surface area contributed by atoms with Crippen molar-refractivity contribution < 1.29 is 24.2 Å². The summed E-state index contributed by atoms with van der Waals surface area (Å²) in [6.07, 6.45) is 1.23. The Morgan fingerprint density at radius 3 is 2.45 bits per heavy atom. The highest BCUT2D eigenvalue weighted by atomic mass is 16.5. The van der Waals surface area contributed by atoms with E-state index in [1.165, 1.54) is 13.1 Å². The van der Waals surface area contributed by atoms with E-state index in [-0.39, 0.29) is 11.3 Å². The molecule has 1 aromatic carbocycles. The lowest BCUT2D eigenvalue weighted by molar-refractivity contribution is 0.101. The van der Waals surface area contributed by atoms with Crippen LogP contribution < -0.4 is 4.74 Å². The fourth-order valence-electron chi connectivity index (χ4n) is 1.63. The number of ketones is 1. The number of aliphatic imine (C=N–C) groups is 1. The minimum absolute atomic E-state index is 0.0801. The second kappa shape index (κ2) is 5.48. The Balaban J connectivity index is 2.27. The Kier molecular flexibility index (Phi) is 3.74. The van der Waals surface area contributed by atoms with Gasteiger partial charge in [-0.15, -0.1) is 0 Å². The van der Waals surface area contributed by atoms with Crippen LogP contribution in [0.2, 0.25) is 0 Å². The lowest BCUT2D eigenvalue weighted by Crippen LogP contribution is -1.89. The summed E-state index contributed by atoms with van der Waals surface area (Å²) >= 11 is 0. The molecule has 1 heterocycles. The average molecular weight is 275 g/mol. The van der Waals surface area contributed by atoms with E-state index in [4.69, 9.17) is 9.15 Å². The molecule has 0 saturated heterocycles. The molecular weight excluding hydrogens is 262 g/mol. The third kappa shape index (κ3) is 2.64. The van der Waals surface area contributed by atoms with E-state index < -0.39 is 17.5 Å². The summed E-state index contributed by atoms with van der Waals surface area (Å²) in [7, 11) is 1.56. The smallest absolute Gasteiger partial charge is 0.297 e. The number of furan rings is 1. The first-order valence-corrected chi connectivity index (χ1v) is 5.76. The van der Waals surface area contributed by atoms with Crippen LogP contribution in [0.25, 0.3) is 0 Å². The minimum atomic E-state index is -0.619. The third-order valence-corrected chi connectivity index (χ3v) is 2.65. The number of nitrogens with zero attached hydrogens (tertiary/aromatic N) is 1. The van der Waals surface area contributed by atoms with Gasteiger partial charge in [-0.25, -0.2) is 0 Å². The fraction of sp³-hybridized carbons (Fsp3) is 0.143. The van der Waals surface area contributed by atoms with Gasteiger partial charge < -0.3 is 19.4 Å². The van der Waals surface area contributed by atoms with Crippen LogP contribution in [0.3, 0.4) is 0 Å². The van der Waals surface area contributed by atoms with Crippen molar-refractivity contribution in [2.24, 2.45) is 4.99 Å². The number of ether oxygens (including phenoxy) is 1. The molecule has 0 aliphatic carbocycles. The van der Waals surface area contributed by atoms with Crippen molar-refractivity contribution in [1.82, 2.24) is 0 Å². The van der Waals surface area contributed by atoms with Gasteiger partial charge in [-0.3, -0.25) is 9.79 Å². The van der Waals surface area contributed by atoms with Crippen LogP contribution in [-0.4, -0.2) is 29.3 Å². The molecule has 20 heavy (non-hydrogen) atoms. The highest BCUT2D eigenvalue weighted by Gasteiger charge is 2.21. The molecule has 0 fully saturated rings. The lowest BCUT2D eigenvalue weighted by Gasteiger charge is -1.98. The van der Waals surface area contributed by atoms with Crippen LogP contribution >= 0.6 is 0 Å².